The first-order valence-corrected chi connectivity index (χ1v) is 16.5. The molecule has 0 unspecified atom stereocenters. The van der Waals surface area contributed by atoms with E-state index in [9.17, 15) is 9.59 Å². The number of carbonyl (C=O) groups is 2. The van der Waals surface area contributed by atoms with Gasteiger partial charge in [-0.25, -0.2) is 4.98 Å². The van der Waals surface area contributed by atoms with Crippen molar-refractivity contribution in [2.45, 2.75) is 26.2 Å². The van der Waals surface area contributed by atoms with Crippen molar-refractivity contribution in [2.24, 2.45) is 0 Å². The first-order chi connectivity index (χ1) is 24.1. The van der Waals surface area contributed by atoms with Gasteiger partial charge in [-0.3, -0.25) is 9.59 Å². The van der Waals surface area contributed by atoms with Crippen LogP contribution in [0.15, 0.2) is 115 Å². The number of hydrogen-bond acceptors (Lipinski definition) is 7. The monoisotopic (exact) mass is 671 g/mol. The number of benzene rings is 4. The molecular weight excluding hydrogens is 626 g/mol. The van der Waals surface area contributed by atoms with Crippen LogP contribution in [0.4, 0.5) is 11.4 Å². The fourth-order valence-corrected chi connectivity index (χ4v) is 5.54. The number of aromatic nitrogens is 1. The number of carbonyl (C=O) groups excluding carboxylic acids is 2. The molecule has 0 aliphatic carbocycles. The summed E-state index contributed by atoms with van der Waals surface area (Å²) >= 11 is 0. The zero-order chi connectivity index (χ0) is 35.6. The molecule has 0 bridgehead atoms. The Balaban J connectivity index is 1.43. The fourth-order valence-electron chi connectivity index (χ4n) is 5.54. The van der Waals surface area contributed by atoms with E-state index < -0.39 is 0 Å². The third-order valence-corrected chi connectivity index (χ3v) is 8.48. The number of methoxy groups -OCH3 is 2. The minimum atomic E-state index is -0.281. The quantitative estimate of drug-likeness (QED) is 0.127. The van der Waals surface area contributed by atoms with Crippen molar-refractivity contribution >= 4 is 23.2 Å². The second-order valence-electron chi connectivity index (χ2n) is 12.5. The fraction of sp³-hybridized carbons (Fsp3) is 0.244. The van der Waals surface area contributed by atoms with Crippen LogP contribution >= 0.6 is 0 Å². The van der Waals surface area contributed by atoms with Crippen molar-refractivity contribution in [3.63, 3.8) is 0 Å². The van der Waals surface area contributed by atoms with Crippen molar-refractivity contribution in [2.75, 3.05) is 52.2 Å². The zero-order valence-electron chi connectivity index (χ0n) is 29.7. The van der Waals surface area contributed by atoms with Gasteiger partial charge in [0.1, 0.15) is 22.9 Å². The van der Waals surface area contributed by atoms with Gasteiger partial charge in [0.05, 0.1) is 14.2 Å². The Morgan fingerprint density at radius 3 is 1.06 bits per heavy atom. The zero-order valence-corrected chi connectivity index (χ0v) is 29.7. The van der Waals surface area contributed by atoms with Crippen LogP contribution in [0.3, 0.4) is 0 Å². The number of rotatable bonds is 14. The molecular formula is C41H45N5O4. The molecule has 0 saturated heterocycles. The van der Waals surface area contributed by atoms with Crippen LogP contribution in [-0.2, 0) is 26.2 Å². The van der Waals surface area contributed by atoms with Crippen LogP contribution in [0.1, 0.15) is 43.2 Å². The number of anilines is 2. The Bertz CT molecular complexity index is 1750. The molecule has 9 nitrogen and oxygen atoms in total. The van der Waals surface area contributed by atoms with Gasteiger partial charge in [-0.1, -0.05) is 54.6 Å². The van der Waals surface area contributed by atoms with E-state index in [0.29, 0.717) is 26.2 Å². The van der Waals surface area contributed by atoms with Crippen LogP contribution in [0, 0.1) is 0 Å². The molecule has 1 heterocycles. The highest BCUT2D eigenvalue weighted by Gasteiger charge is 2.23. The Labute approximate surface area is 295 Å². The van der Waals surface area contributed by atoms with E-state index in [1.54, 1.807) is 42.2 Å². The highest BCUT2D eigenvalue weighted by Crippen LogP contribution is 2.21. The minimum absolute atomic E-state index is 0.198. The lowest BCUT2D eigenvalue weighted by Crippen LogP contribution is -2.33. The summed E-state index contributed by atoms with van der Waals surface area (Å²) in [5.41, 5.74) is 6.42. The van der Waals surface area contributed by atoms with E-state index in [4.69, 9.17) is 9.47 Å². The number of nitrogens with zero attached hydrogens (tertiary/aromatic N) is 5. The predicted octanol–water partition coefficient (Wildman–Crippen LogP) is 6.92. The predicted molar refractivity (Wildman–Crippen MR) is 199 cm³/mol. The van der Waals surface area contributed by atoms with Crippen molar-refractivity contribution in [3.8, 4) is 11.5 Å². The van der Waals surface area contributed by atoms with E-state index in [1.807, 2.05) is 135 Å². The molecule has 4 aromatic carbocycles. The molecule has 0 atom stereocenters. The second kappa shape index (κ2) is 16.5. The molecule has 0 N–H and O–H groups in total. The van der Waals surface area contributed by atoms with Gasteiger partial charge in [0, 0.05) is 65.7 Å². The normalized spacial score (nSPS) is 10.7. The maximum atomic E-state index is 14.2. The van der Waals surface area contributed by atoms with Crippen molar-refractivity contribution in [1.29, 1.82) is 0 Å². The SMILES string of the molecule is COc1ccc(CN(Cc2ccc(OC)cc2)C(=O)c2cccc(C(=O)N(Cc3ccc(N(C)C)cc3)Cc3ccc(N(C)C)cc3)n2)cc1. The van der Waals surface area contributed by atoms with Gasteiger partial charge < -0.3 is 29.1 Å². The van der Waals surface area contributed by atoms with E-state index in [2.05, 4.69) is 4.98 Å². The summed E-state index contributed by atoms with van der Waals surface area (Å²) in [7, 11) is 11.2. The molecule has 50 heavy (non-hydrogen) atoms. The Morgan fingerprint density at radius 2 is 0.780 bits per heavy atom. The molecule has 5 aromatic rings. The summed E-state index contributed by atoms with van der Waals surface area (Å²) in [6, 6.07) is 36.6. The molecule has 9 heteroatoms. The lowest BCUT2D eigenvalue weighted by molar-refractivity contribution is 0.0715. The molecule has 0 saturated carbocycles. The molecule has 0 spiro atoms. The number of amides is 2. The highest BCUT2D eigenvalue weighted by atomic mass is 16.5. The Kier molecular flexibility index (Phi) is 11.7. The van der Waals surface area contributed by atoms with Gasteiger partial charge in [-0.2, -0.15) is 0 Å². The molecule has 0 aliphatic heterocycles. The maximum Gasteiger partial charge on any atom is 0.273 e. The van der Waals surface area contributed by atoms with E-state index in [-0.39, 0.29) is 23.2 Å². The minimum Gasteiger partial charge on any atom is -0.497 e. The molecule has 2 amide bonds. The summed E-state index contributed by atoms with van der Waals surface area (Å²) in [5, 5.41) is 0. The van der Waals surface area contributed by atoms with Gasteiger partial charge in [0.25, 0.3) is 11.8 Å². The molecule has 0 fully saturated rings. The summed E-state index contributed by atoms with van der Waals surface area (Å²) in [4.78, 5) is 40.7. The van der Waals surface area contributed by atoms with E-state index >= 15 is 0 Å². The van der Waals surface area contributed by atoms with Gasteiger partial charge >= 0.3 is 0 Å². The van der Waals surface area contributed by atoms with E-state index in [1.165, 1.54) is 0 Å². The van der Waals surface area contributed by atoms with Gasteiger partial charge in [-0.15, -0.1) is 0 Å². The summed E-state index contributed by atoms with van der Waals surface area (Å²) in [5.74, 6) is 0.935. The van der Waals surface area contributed by atoms with Crippen molar-refractivity contribution < 1.29 is 19.1 Å². The molecule has 258 valence electrons. The van der Waals surface area contributed by atoms with Crippen LogP contribution in [0.5, 0.6) is 11.5 Å². The summed E-state index contributed by atoms with van der Waals surface area (Å²) in [6.45, 7) is 1.44. The first kappa shape index (κ1) is 35.5. The van der Waals surface area contributed by atoms with Gasteiger partial charge in [-0.05, 0) is 82.9 Å². The van der Waals surface area contributed by atoms with Crippen molar-refractivity contribution in [1.82, 2.24) is 14.8 Å². The third kappa shape index (κ3) is 9.19. The molecule has 5 rings (SSSR count). The standard InChI is InChI=1S/C41H45N5O4/c1-43(2)34-18-10-30(11-19-34)26-45(27-31-12-20-35(21-13-31)44(3)4)40(47)38-8-7-9-39(42-38)41(48)46(28-32-14-22-36(49-5)23-15-32)29-33-16-24-37(50-6)25-17-33/h7-25H,26-29H2,1-6H3. The van der Waals surface area contributed by atoms with Crippen LogP contribution in [0.25, 0.3) is 0 Å². The summed E-state index contributed by atoms with van der Waals surface area (Å²) in [6.07, 6.45) is 0. The maximum absolute atomic E-state index is 14.2. The average molecular weight is 672 g/mol. The van der Waals surface area contributed by atoms with Gasteiger partial charge in [0.2, 0.25) is 0 Å². The average Bonchev–Trinajstić information content (AvgIpc) is 3.14. The Hall–Kier alpha value is -5.83. The summed E-state index contributed by atoms with van der Waals surface area (Å²) < 4.78 is 10.7. The number of ether oxygens (including phenoxy) is 2. The molecule has 1 aromatic heterocycles. The first-order valence-electron chi connectivity index (χ1n) is 16.5. The topological polar surface area (TPSA) is 78.5 Å². The highest BCUT2D eigenvalue weighted by molar-refractivity contribution is 5.96. The van der Waals surface area contributed by atoms with E-state index in [0.717, 1.165) is 45.1 Å². The number of hydrogen-bond donors (Lipinski definition) is 0. The van der Waals surface area contributed by atoms with Crippen LogP contribution < -0.4 is 19.3 Å². The van der Waals surface area contributed by atoms with Crippen molar-refractivity contribution in [3.05, 3.63) is 149 Å². The number of pyridine rings is 1. The Morgan fingerprint density at radius 1 is 0.480 bits per heavy atom. The molecule has 0 aliphatic rings. The third-order valence-electron chi connectivity index (χ3n) is 8.48. The van der Waals surface area contributed by atoms with Crippen LogP contribution in [-0.4, -0.2) is 69.0 Å². The molecule has 0 radical (unpaired) electrons. The lowest BCUT2D eigenvalue weighted by Gasteiger charge is -2.25. The smallest absolute Gasteiger partial charge is 0.273 e. The van der Waals surface area contributed by atoms with Crippen LogP contribution in [0.2, 0.25) is 0 Å². The second-order valence-corrected chi connectivity index (χ2v) is 12.5. The largest absolute Gasteiger partial charge is 0.497 e. The van der Waals surface area contributed by atoms with Gasteiger partial charge in [0.15, 0.2) is 0 Å². The lowest BCUT2D eigenvalue weighted by atomic mass is 10.1.